The number of halogens is 3. The minimum Gasteiger partial charge on any atom is -0.507 e. The second-order valence-electron chi connectivity index (χ2n) is 4.65. The topological polar surface area (TPSA) is 44.7 Å². The van der Waals surface area contributed by atoms with Crippen LogP contribution in [-0.2, 0) is 0 Å². The Labute approximate surface area is 115 Å². The lowest BCUT2D eigenvalue weighted by molar-refractivity contribution is -0.188. The van der Waals surface area contributed by atoms with E-state index < -0.39 is 18.0 Å². The SMILES string of the molecule is COc1ccc([C@H](N2CCNCC2)C(F)(F)F)c(O)c1. The smallest absolute Gasteiger partial charge is 0.408 e. The van der Waals surface area contributed by atoms with Crippen LogP contribution in [0.3, 0.4) is 0 Å². The van der Waals surface area contributed by atoms with E-state index in [1.807, 2.05) is 0 Å². The highest BCUT2D eigenvalue weighted by atomic mass is 19.4. The maximum absolute atomic E-state index is 13.3. The molecular weight excluding hydrogens is 273 g/mol. The number of nitrogens with one attached hydrogen (secondary N) is 1. The molecule has 0 aromatic heterocycles. The number of benzene rings is 1. The number of hydrogen-bond acceptors (Lipinski definition) is 4. The summed E-state index contributed by atoms with van der Waals surface area (Å²) in [6, 6.07) is 2.11. The molecule has 1 fully saturated rings. The van der Waals surface area contributed by atoms with Gasteiger partial charge in [0.15, 0.2) is 0 Å². The van der Waals surface area contributed by atoms with Gasteiger partial charge in [-0.2, -0.15) is 13.2 Å². The van der Waals surface area contributed by atoms with Crippen molar-refractivity contribution in [2.45, 2.75) is 12.2 Å². The van der Waals surface area contributed by atoms with E-state index in [1.165, 1.54) is 30.2 Å². The molecule has 0 unspecified atom stereocenters. The summed E-state index contributed by atoms with van der Waals surface area (Å²) < 4.78 is 44.9. The number of aromatic hydroxyl groups is 1. The predicted octanol–water partition coefficient (Wildman–Crippen LogP) is 1.91. The Bertz CT molecular complexity index is 459. The van der Waals surface area contributed by atoms with Crippen LogP contribution in [0.15, 0.2) is 18.2 Å². The number of methoxy groups -OCH3 is 1. The molecule has 4 nitrogen and oxygen atoms in total. The van der Waals surface area contributed by atoms with Gasteiger partial charge in [0.2, 0.25) is 0 Å². The zero-order chi connectivity index (χ0) is 14.8. The van der Waals surface area contributed by atoms with E-state index in [1.54, 1.807) is 0 Å². The van der Waals surface area contributed by atoms with Gasteiger partial charge in [-0.25, -0.2) is 0 Å². The van der Waals surface area contributed by atoms with Crippen molar-refractivity contribution in [2.75, 3.05) is 33.3 Å². The monoisotopic (exact) mass is 290 g/mol. The van der Waals surface area contributed by atoms with Crippen LogP contribution in [0, 0.1) is 0 Å². The first-order valence-electron chi connectivity index (χ1n) is 6.32. The van der Waals surface area contributed by atoms with E-state index in [0.717, 1.165) is 0 Å². The number of phenolic OH excluding ortho intramolecular Hbond substituents is 1. The third kappa shape index (κ3) is 3.16. The van der Waals surface area contributed by atoms with Gasteiger partial charge < -0.3 is 15.2 Å². The Morgan fingerprint density at radius 1 is 1.30 bits per heavy atom. The third-order valence-corrected chi connectivity index (χ3v) is 3.36. The number of alkyl halides is 3. The van der Waals surface area contributed by atoms with Gasteiger partial charge in [0.05, 0.1) is 7.11 Å². The van der Waals surface area contributed by atoms with Crippen molar-refractivity contribution >= 4 is 0 Å². The highest BCUT2D eigenvalue weighted by Gasteiger charge is 2.46. The molecule has 0 bridgehead atoms. The average molecular weight is 290 g/mol. The molecule has 1 saturated heterocycles. The summed E-state index contributed by atoms with van der Waals surface area (Å²) in [7, 11) is 1.39. The van der Waals surface area contributed by atoms with E-state index in [0.29, 0.717) is 18.8 Å². The summed E-state index contributed by atoms with van der Waals surface area (Å²) in [5.41, 5.74) is -0.139. The van der Waals surface area contributed by atoms with Gasteiger partial charge in [-0.05, 0) is 12.1 Å². The maximum atomic E-state index is 13.3. The summed E-state index contributed by atoms with van der Waals surface area (Å²) in [4.78, 5) is 1.33. The van der Waals surface area contributed by atoms with Crippen LogP contribution in [0.5, 0.6) is 11.5 Å². The fraction of sp³-hybridized carbons (Fsp3) is 0.538. The Morgan fingerprint density at radius 2 is 1.95 bits per heavy atom. The molecule has 0 radical (unpaired) electrons. The van der Waals surface area contributed by atoms with Crippen LogP contribution in [0.1, 0.15) is 11.6 Å². The minimum atomic E-state index is -4.44. The van der Waals surface area contributed by atoms with Crippen LogP contribution >= 0.6 is 0 Å². The molecule has 1 heterocycles. The molecule has 1 aromatic rings. The van der Waals surface area contributed by atoms with Gasteiger partial charge in [0.25, 0.3) is 0 Å². The van der Waals surface area contributed by atoms with E-state index in [2.05, 4.69) is 5.32 Å². The number of ether oxygens (including phenoxy) is 1. The lowest BCUT2D eigenvalue weighted by atomic mass is 10.0. The summed E-state index contributed by atoms with van der Waals surface area (Å²) in [5.74, 6) is -0.0716. The first-order chi connectivity index (χ1) is 9.43. The molecule has 0 spiro atoms. The van der Waals surface area contributed by atoms with E-state index >= 15 is 0 Å². The Hall–Kier alpha value is -1.47. The molecule has 20 heavy (non-hydrogen) atoms. The predicted molar refractivity (Wildman–Crippen MR) is 67.9 cm³/mol. The highest BCUT2D eigenvalue weighted by Crippen LogP contribution is 2.42. The zero-order valence-electron chi connectivity index (χ0n) is 11.1. The van der Waals surface area contributed by atoms with Crippen molar-refractivity contribution < 1.29 is 23.0 Å². The quantitative estimate of drug-likeness (QED) is 0.892. The van der Waals surface area contributed by atoms with Crippen LogP contribution in [0.25, 0.3) is 0 Å². The normalized spacial score (nSPS) is 18.8. The van der Waals surface area contributed by atoms with Gasteiger partial charge >= 0.3 is 6.18 Å². The molecule has 112 valence electrons. The maximum Gasteiger partial charge on any atom is 0.408 e. The summed E-state index contributed by atoms with van der Waals surface area (Å²) in [5, 5.41) is 12.9. The molecule has 0 amide bonds. The van der Waals surface area contributed by atoms with Crippen molar-refractivity contribution in [1.82, 2.24) is 10.2 Å². The first kappa shape index (κ1) is 14.9. The van der Waals surface area contributed by atoms with Gasteiger partial charge in [0.1, 0.15) is 17.5 Å². The van der Waals surface area contributed by atoms with Crippen molar-refractivity contribution in [2.24, 2.45) is 0 Å². The molecule has 0 saturated carbocycles. The lowest BCUT2D eigenvalue weighted by Crippen LogP contribution is -2.49. The van der Waals surface area contributed by atoms with Gasteiger partial charge in [-0.15, -0.1) is 0 Å². The number of nitrogens with zero attached hydrogens (tertiary/aromatic N) is 1. The van der Waals surface area contributed by atoms with Gasteiger partial charge in [-0.3, -0.25) is 4.90 Å². The number of phenols is 1. The molecule has 2 rings (SSSR count). The van der Waals surface area contributed by atoms with E-state index in [9.17, 15) is 18.3 Å². The molecular formula is C13H17F3N2O2. The molecule has 1 aromatic carbocycles. The number of piperazine rings is 1. The third-order valence-electron chi connectivity index (χ3n) is 3.36. The Kier molecular flexibility index (Phi) is 4.39. The minimum absolute atomic E-state index is 0.139. The fourth-order valence-electron chi connectivity index (χ4n) is 2.40. The fourth-order valence-corrected chi connectivity index (χ4v) is 2.40. The summed E-state index contributed by atoms with van der Waals surface area (Å²) in [6.07, 6.45) is -4.44. The number of rotatable bonds is 3. The Morgan fingerprint density at radius 3 is 2.45 bits per heavy atom. The van der Waals surface area contributed by atoms with Crippen LogP contribution in [0.4, 0.5) is 13.2 Å². The van der Waals surface area contributed by atoms with Crippen molar-refractivity contribution in [3.05, 3.63) is 23.8 Å². The second-order valence-corrected chi connectivity index (χ2v) is 4.65. The van der Waals surface area contributed by atoms with Crippen LogP contribution in [0.2, 0.25) is 0 Å². The van der Waals surface area contributed by atoms with Crippen molar-refractivity contribution in [3.8, 4) is 11.5 Å². The molecule has 1 aliphatic rings. The average Bonchev–Trinajstić information content (AvgIpc) is 2.40. The lowest BCUT2D eigenvalue weighted by Gasteiger charge is -2.36. The van der Waals surface area contributed by atoms with Gasteiger partial charge in [0, 0.05) is 37.8 Å². The van der Waals surface area contributed by atoms with E-state index in [4.69, 9.17) is 4.74 Å². The molecule has 0 aliphatic carbocycles. The standard InChI is InChI=1S/C13H17F3N2O2/c1-20-9-2-3-10(11(19)8-9)12(13(14,15)16)18-6-4-17-5-7-18/h2-3,8,12,17,19H,4-7H2,1H3/t12-/m0/s1. The molecule has 7 heteroatoms. The van der Waals surface area contributed by atoms with Crippen LogP contribution in [-0.4, -0.2) is 49.5 Å². The van der Waals surface area contributed by atoms with Crippen molar-refractivity contribution in [3.63, 3.8) is 0 Å². The zero-order valence-corrected chi connectivity index (χ0v) is 11.1. The molecule has 1 atom stereocenters. The van der Waals surface area contributed by atoms with Crippen LogP contribution < -0.4 is 10.1 Å². The second kappa shape index (κ2) is 5.88. The summed E-state index contributed by atoms with van der Waals surface area (Å²) in [6.45, 7) is 1.58. The van der Waals surface area contributed by atoms with E-state index in [-0.39, 0.29) is 18.7 Å². The first-order valence-corrected chi connectivity index (χ1v) is 6.32. The number of hydrogen-bond donors (Lipinski definition) is 2. The largest absolute Gasteiger partial charge is 0.507 e. The molecule has 2 N–H and O–H groups in total. The van der Waals surface area contributed by atoms with Gasteiger partial charge in [-0.1, -0.05) is 0 Å². The Balaban J connectivity index is 2.35. The van der Waals surface area contributed by atoms with Crippen molar-refractivity contribution in [1.29, 1.82) is 0 Å². The highest BCUT2D eigenvalue weighted by molar-refractivity contribution is 5.42. The molecule has 1 aliphatic heterocycles. The summed E-state index contributed by atoms with van der Waals surface area (Å²) >= 11 is 0.